The van der Waals surface area contributed by atoms with Gasteiger partial charge in [-0.1, -0.05) is 61.3 Å². The van der Waals surface area contributed by atoms with Gasteiger partial charge in [0.2, 0.25) is 0 Å². The summed E-state index contributed by atoms with van der Waals surface area (Å²) in [6.45, 7) is 6.76. The molecule has 0 spiro atoms. The molecule has 0 bridgehead atoms. The minimum Gasteiger partial charge on any atom is -1.00 e. The second-order valence-corrected chi connectivity index (χ2v) is 6.95. The van der Waals surface area contributed by atoms with Crippen LogP contribution in [-0.2, 0) is 21.7 Å². The van der Waals surface area contributed by atoms with Gasteiger partial charge in [-0.3, -0.25) is 6.08 Å². The Balaban J connectivity index is -0.000000810. The fraction of sp³-hybridized carbons (Fsp3) is 0.375. The van der Waals surface area contributed by atoms with E-state index in [2.05, 4.69) is 57.2 Å². The predicted molar refractivity (Wildman–Crippen MR) is 78.4 cm³/mol. The maximum absolute atomic E-state index is 3.69. The van der Waals surface area contributed by atoms with Gasteiger partial charge in [-0.05, 0) is 6.42 Å². The Bertz CT molecular complexity index is 458. The van der Waals surface area contributed by atoms with Crippen LogP contribution in [0.1, 0.15) is 33.6 Å². The molecule has 1 aromatic rings. The summed E-state index contributed by atoms with van der Waals surface area (Å²) in [5.74, 6) is 0. The van der Waals surface area contributed by atoms with Crippen LogP contribution >= 0.6 is 0 Å². The van der Waals surface area contributed by atoms with E-state index < -0.39 is 0 Å². The summed E-state index contributed by atoms with van der Waals surface area (Å²) in [5.41, 5.74) is 5.22. The second kappa shape index (κ2) is 13.0. The summed E-state index contributed by atoms with van der Waals surface area (Å²) in [7, 11) is -0.256. The van der Waals surface area contributed by atoms with E-state index in [1.165, 1.54) is 24.0 Å². The average molecular weight is 396 g/mol. The number of rotatable bonds is 4. The van der Waals surface area contributed by atoms with E-state index in [4.69, 9.17) is 0 Å². The van der Waals surface area contributed by atoms with Crippen molar-refractivity contribution in [1.29, 1.82) is 0 Å². The largest absolute Gasteiger partial charge is 4.00 e. The molecule has 0 radical (unpaired) electrons. The Morgan fingerprint density at radius 1 is 1.05 bits per heavy atom. The molecule has 0 heterocycles. The molecule has 1 aliphatic carbocycles. The fourth-order valence-electron chi connectivity index (χ4n) is 2.61. The third-order valence-corrected chi connectivity index (χ3v) is 5.71. The first-order chi connectivity index (χ1) is 8.22. The molecule has 1 unspecified atom stereocenters. The summed E-state index contributed by atoms with van der Waals surface area (Å²) in [6, 6.07) is 11.0. The van der Waals surface area contributed by atoms with Crippen LogP contribution in [0.3, 0.4) is 0 Å². The van der Waals surface area contributed by atoms with Crippen LogP contribution in [0, 0.1) is 6.08 Å². The van der Waals surface area contributed by atoms with Crippen LogP contribution in [-0.4, -0.2) is 9.52 Å². The molecule has 0 aliphatic heterocycles. The number of allylic oxidation sites excluding steroid dienone is 4. The first-order valence-electron chi connectivity index (χ1n) is 6.56. The smallest absolute Gasteiger partial charge is 1.00 e. The Morgan fingerprint density at radius 2 is 1.62 bits per heavy atom. The van der Waals surface area contributed by atoms with Gasteiger partial charge in [-0.25, -0.2) is 5.57 Å². The number of hydrogen-bond acceptors (Lipinski definition) is 0. The molecule has 1 aromatic carbocycles. The molecule has 5 heteroatoms. The molecule has 1 aliphatic rings. The Hall–Kier alpha value is 0.501. The molecule has 0 saturated carbocycles. The number of halogens is 3. The third-order valence-electron chi connectivity index (χ3n) is 3.66. The van der Waals surface area contributed by atoms with Crippen molar-refractivity contribution < 1.29 is 58.9 Å². The van der Waals surface area contributed by atoms with E-state index in [1.807, 2.05) is 0 Å². The van der Waals surface area contributed by atoms with Crippen molar-refractivity contribution in [3.63, 3.8) is 0 Å². The van der Waals surface area contributed by atoms with Gasteiger partial charge in [0.25, 0.3) is 0 Å². The van der Waals surface area contributed by atoms with Gasteiger partial charge >= 0.3 is 21.7 Å². The van der Waals surface area contributed by atoms with Crippen LogP contribution in [0.2, 0.25) is 5.54 Å². The van der Waals surface area contributed by atoms with Crippen LogP contribution in [0.5, 0.6) is 0 Å². The third kappa shape index (κ3) is 7.07. The molecular weight excluding hydrogens is 374 g/mol. The monoisotopic (exact) mass is 394 g/mol. The Kier molecular flexibility index (Phi) is 16.3. The first kappa shape index (κ1) is 26.4. The minimum absolute atomic E-state index is 0. The molecule has 114 valence electrons. The van der Waals surface area contributed by atoms with Gasteiger partial charge in [0, 0.05) is 9.52 Å². The van der Waals surface area contributed by atoms with Crippen molar-refractivity contribution >= 4 is 14.7 Å². The van der Waals surface area contributed by atoms with Crippen molar-refractivity contribution in [2.24, 2.45) is 0 Å². The summed E-state index contributed by atoms with van der Waals surface area (Å²) < 4.78 is 0. The topological polar surface area (TPSA) is 0 Å². The second-order valence-electron chi connectivity index (χ2n) is 4.91. The molecule has 0 fully saturated rings. The molecule has 0 amide bonds. The van der Waals surface area contributed by atoms with E-state index in [0.29, 0.717) is 5.54 Å². The zero-order chi connectivity index (χ0) is 12.3. The van der Waals surface area contributed by atoms with Gasteiger partial charge < -0.3 is 37.2 Å². The molecule has 2 rings (SSSR count). The molecule has 0 N–H and O–H groups in total. The number of hydrogen-bond donors (Lipinski definition) is 0. The van der Waals surface area contributed by atoms with Crippen molar-refractivity contribution in [1.82, 2.24) is 0 Å². The molecule has 21 heavy (non-hydrogen) atoms. The van der Waals surface area contributed by atoms with Crippen LogP contribution in [0.4, 0.5) is 0 Å². The summed E-state index contributed by atoms with van der Waals surface area (Å²) in [5, 5.41) is 1.56. The predicted octanol–water partition coefficient (Wildman–Crippen LogP) is -5.84. The zero-order valence-electron chi connectivity index (χ0n) is 12.7. The first-order valence-corrected chi connectivity index (χ1v) is 8.08. The molecule has 0 saturated heterocycles. The maximum Gasteiger partial charge on any atom is 4.00 e. The Morgan fingerprint density at radius 3 is 2.14 bits per heavy atom. The SMILES string of the molecule is CCCC1=C(C)C(C)=[C-]C1[SiH2]c1ccccc1.[Cl-].[Cl-].[Cl-].[Ti+4]. The fourth-order valence-corrected chi connectivity index (χ4v) is 4.79. The van der Waals surface area contributed by atoms with Crippen molar-refractivity contribution in [3.8, 4) is 0 Å². The van der Waals surface area contributed by atoms with Crippen LogP contribution in [0.15, 0.2) is 47.1 Å². The standard InChI is InChI=1S/C16H21Si.3ClH.Ti/c1-4-8-15-13(3)12(2)11-16(15)17-14-9-6-5-7-10-14;;;;/h5-7,9-10,16H,4,8,17H2,1-3H3;3*1H;/q-1;;;;+4/p-3. The van der Waals surface area contributed by atoms with Crippen LogP contribution < -0.4 is 42.4 Å². The summed E-state index contributed by atoms with van der Waals surface area (Å²) >= 11 is 0. The van der Waals surface area contributed by atoms with Gasteiger partial charge in [0.1, 0.15) is 0 Å². The van der Waals surface area contributed by atoms with E-state index in [-0.39, 0.29) is 68.5 Å². The molecular formula is C16H21Cl3SiTi. The molecule has 1 atom stereocenters. The van der Waals surface area contributed by atoms with Gasteiger partial charge in [-0.2, -0.15) is 11.1 Å². The van der Waals surface area contributed by atoms with Gasteiger partial charge in [0.15, 0.2) is 0 Å². The van der Waals surface area contributed by atoms with E-state index in [1.54, 1.807) is 10.8 Å². The van der Waals surface area contributed by atoms with E-state index >= 15 is 0 Å². The van der Waals surface area contributed by atoms with Gasteiger partial charge in [-0.15, -0.1) is 6.92 Å². The van der Waals surface area contributed by atoms with E-state index in [0.717, 1.165) is 0 Å². The van der Waals surface area contributed by atoms with Crippen molar-refractivity contribution in [3.05, 3.63) is 53.1 Å². The van der Waals surface area contributed by atoms with Gasteiger partial charge in [0.05, 0.1) is 0 Å². The minimum atomic E-state index is -0.256. The maximum atomic E-state index is 3.69. The summed E-state index contributed by atoms with van der Waals surface area (Å²) in [4.78, 5) is 0. The van der Waals surface area contributed by atoms with E-state index in [9.17, 15) is 0 Å². The molecule has 0 nitrogen and oxygen atoms in total. The van der Waals surface area contributed by atoms with Crippen molar-refractivity contribution in [2.75, 3.05) is 0 Å². The van der Waals surface area contributed by atoms with Crippen molar-refractivity contribution in [2.45, 2.75) is 39.2 Å². The molecule has 0 aromatic heterocycles. The average Bonchev–Trinajstić information content (AvgIpc) is 2.59. The number of benzene rings is 1. The van der Waals surface area contributed by atoms with Crippen LogP contribution in [0.25, 0.3) is 0 Å². The normalized spacial score (nSPS) is 16.5. The Labute approximate surface area is 165 Å². The summed E-state index contributed by atoms with van der Waals surface area (Å²) in [6.07, 6.45) is 6.19. The quantitative estimate of drug-likeness (QED) is 0.352. The zero-order valence-corrected chi connectivity index (χ0v) is 18.0.